The molecular formula is C18H25N3O4S. The van der Waals surface area contributed by atoms with Crippen LogP contribution in [0.15, 0.2) is 40.9 Å². The molecule has 8 heteroatoms. The van der Waals surface area contributed by atoms with Crippen LogP contribution in [0.2, 0.25) is 0 Å². The maximum absolute atomic E-state index is 11.3. The highest BCUT2D eigenvalue weighted by Gasteiger charge is 2.31. The number of sulfonamides is 1. The average molecular weight is 379 g/mol. The Labute approximate surface area is 154 Å². The zero-order valence-corrected chi connectivity index (χ0v) is 15.7. The SMILES string of the molecule is CS(=O)(=O)NC[C@]1(O)CCCN(Cc2cc(-c3ccccc3)no2)CC1. The van der Waals surface area contributed by atoms with Gasteiger partial charge in [0.1, 0.15) is 5.69 Å². The number of aromatic nitrogens is 1. The van der Waals surface area contributed by atoms with Crippen LogP contribution < -0.4 is 4.72 Å². The number of nitrogens with zero attached hydrogens (tertiary/aromatic N) is 2. The quantitative estimate of drug-likeness (QED) is 0.792. The maximum Gasteiger partial charge on any atom is 0.208 e. The Kier molecular flexibility index (Phi) is 5.76. The number of benzene rings is 1. The number of nitrogens with one attached hydrogen (secondary N) is 1. The van der Waals surface area contributed by atoms with Crippen molar-refractivity contribution in [3.63, 3.8) is 0 Å². The predicted octanol–water partition coefficient (Wildman–Crippen LogP) is 1.61. The molecule has 2 aromatic rings. The zero-order chi connectivity index (χ0) is 18.6. The van der Waals surface area contributed by atoms with Crippen molar-refractivity contribution >= 4 is 10.0 Å². The lowest BCUT2D eigenvalue weighted by molar-refractivity contribution is 0.0303. The second kappa shape index (κ2) is 7.87. The van der Waals surface area contributed by atoms with Crippen molar-refractivity contribution < 1.29 is 18.0 Å². The van der Waals surface area contributed by atoms with Gasteiger partial charge in [0.05, 0.1) is 18.4 Å². The molecule has 0 amide bonds. The molecule has 1 atom stereocenters. The molecule has 0 aliphatic carbocycles. The summed E-state index contributed by atoms with van der Waals surface area (Å²) in [6.45, 7) is 2.17. The van der Waals surface area contributed by atoms with Crippen LogP contribution in [0.25, 0.3) is 11.3 Å². The van der Waals surface area contributed by atoms with Crippen LogP contribution in [0, 0.1) is 0 Å². The Hall–Kier alpha value is -1.74. The Morgan fingerprint density at radius 1 is 1.27 bits per heavy atom. The molecule has 0 spiro atoms. The molecule has 1 aromatic heterocycles. The van der Waals surface area contributed by atoms with Gasteiger partial charge in [-0.2, -0.15) is 0 Å². The van der Waals surface area contributed by atoms with E-state index in [-0.39, 0.29) is 6.54 Å². The van der Waals surface area contributed by atoms with E-state index in [1.165, 1.54) is 0 Å². The minimum absolute atomic E-state index is 0.0557. The monoisotopic (exact) mass is 379 g/mol. The third-order valence-electron chi connectivity index (χ3n) is 4.68. The third-order valence-corrected chi connectivity index (χ3v) is 5.35. The van der Waals surface area contributed by atoms with E-state index in [0.29, 0.717) is 25.9 Å². The molecule has 2 N–H and O–H groups in total. The van der Waals surface area contributed by atoms with Crippen LogP contribution in [0.1, 0.15) is 25.0 Å². The van der Waals surface area contributed by atoms with Gasteiger partial charge in [-0.25, -0.2) is 13.1 Å². The summed E-state index contributed by atoms with van der Waals surface area (Å²) >= 11 is 0. The van der Waals surface area contributed by atoms with Crippen LogP contribution >= 0.6 is 0 Å². The highest BCUT2D eigenvalue weighted by Crippen LogP contribution is 2.24. The number of rotatable bonds is 6. The minimum atomic E-state index is -3.31. The van der Waals surface area contributed by atoms with Crippen molar-refractivity contribution in [2.75, 3.05) is 25.9 Å². The van der Waals surface area contributed by atoms with E-state index in [1.54, 1.807) is 0 Å². The minimum Gasteiger partial charge on any atom is -0.388 e. The largest absolute Gasteiger partial charge is 0.388 e. The van der Waals surface area contributed by atoms with Crippen molar-refractivity contribution in [3.05, 3.63) is 42.2 Å². The zero-order valence-electron chi connectivity index (χ0n) is 14.9. The van der Waals surface area contributed by atoms with Gasteiger partial charge >= 0.3 is 0 Å². The summed E-state index contributed by atoms with van der Waals surface area (Å²) in [4.78, 5) is 2.20. The van der Waals surface area contributed by atoms with E-state index in [9.17, 15) is 13.5 Å². The number of likely N-dealkylation sites (tertiary alicyclic amines) is 1. The van der Waals surface area contributed by atoms with E-state index in [0.717, 1.165) is 36.2 Å². The molecule has 3 rings (SSSR count). The van der Waals surface area contributed by atoms with Gasteiger partial charge in [-0.15, -0.1) is 0 Å². The first-order valence-corrected chi connectivity index (χ1v) is 10.6. The van der Waals surface area contributed by atoms with Crippen molar-refractivity contribution in [2.24, 2.45) is 0 Å². The highest BCUT2D eigenvalue weighted by atomic mass is 32.2. The predicted molar refractivity (Wildman–Crippen MR) is 98.9 cm³/mol. The van der Waals surface area contributed by atoms with E-state index in [4.69, 9.17) is 4.52 Å². The number of aliphatic hydroxyl groups is 1. The summed E-state index contributed by atoms with van der Waals surface area (Å²) in [5, 5.41) is 14.8. The van der Waals surface area contributed by atoms with Gasteiger partial charge in [-0.3, -0.25) is 4.90 Å². The summed E-state index contributed by atoms with van der Waals surface area (Å²) in [7, 11) is -3.31. The lowest BCUT2D eigenvalue weighted by Gasteiger charge is -2.26. The van der Waals surface area contributed by atoms with Crippen LogP contribution in [0.4, 0.5) is 0 Å². The molecule has 0 unspecified atom stereocenters. The fourth-order valence-electron chi connectivity index (χ4n) is 3.19. The van der Waals surface area contributed by atoms with Crippen molar-refractivity contribution in [3.8, 4) is 11.3 Å². The number of hydrogen-bond donors (Lipinski definition) is 2. The van der Waals surface area contributed by atoms with Gasteiger partial charge in [0.25, 0.3) is 0 Å². The molecule has 1 aromatic carbocycles. The fourth-order valence-corrected chi connectivity index (χ4v) is 3.72. The Morgan fingerprint density at radius 3 is 2.77 bits per heavy atom. The normalized spacial score (nSPS) is 22.2. The Morgan fingerprint density at radius 2 is 2.04 bits per heavy atom. The summed E-state index contributed by atoms with van der Waals surface area (Å²) in [6, 6.07) is 11.8. The molecule has 1 aliphatic rings. The Bertz CT molecular complexity index is 822. The molecular weight excluding hydrogens is 354 g/mol. The molecule has 26 heavy (non-hydrogen) atoms. The van der Waals surface area contributed by atoms with Crippen molar-refractivity contribution in [2.45, 2.75) is 31.4 Å². The molecule has 0 saturated carbocycles. The van der Waals surface area contributed by atoms with E-state index in [1.807, 2.05) is 36.4 Å². The van der Waals surface area contributed by atoms with E-state index in [2.05, 4.69) is 14.8 Å². The van der Waals surface area contributed by atoms with Crippen LogP contribution in [0.5, 0.6) is 0 Å². The van der Waals surface area contributed by atoms with Crippen LogP contribution in [0.3, 0.4) is 0 Å². The van der Waals surface area contributed by atoms with Gasteiger partial charge in [0.15, 0.2) is 5.76 Å². The van der Waals surface area contributed by atoms with Gasteiger partial charge in [-0.05, 0) is 25.8 Å². The van der Waals surface area contributed by atoms with Gasteiger partial charge in [-0.1, -0.05) is 35.5 Å². The topological polar surface area (TPSA) is 95.7 Å². The van der Waals surface area contributed by atoms with Crippen LogP contribution in [-0.4, -0.2) is 55.1 Å². The molecule has 1 saturated heterocycles. The first-order valence-electron chi connectivity index (χ1n) is 8.73. The van der Waals surface area contributed by atoms with Gasteiger partial charge < -0.3 is 9.63 Å². The lowest BCUT2D eigenvalue weighted by atomic mass is 9.95. The lowest BCUT2D eigenvalue weighted by Crippen LogP contribution is -2.43. The standard InChI is InChI=1S/C18H25N3O4S/c1-26(23,24)19-14-18(22)8-5-10-21(11-9-18)13-16-12-17(20-25-16)15-6-3-2-4-7-15/h2-4,6-7,12,19,22H,5,8-11,13-14H2,1H3/t18-/m0/s1. The summed E-state index contributed by atoms with van der Waals surface area (Å²) < 4.78 is 30.4. The first-order chi connectivity index (χ1) is 12.3. The second-order valence-electron chi connectivity index (χ2n) is 6.99. The maximum atomic E-state index is 11.3. The third kappa shape index (κ3) is 5.38. The summed E-state index contributed by atoms with van der Waals surface area (Å²) in [5.74, 6) is 0.781. The molecule has 2 heterocycles. The first kappa shape index (κ1) is 19.0. The molecule has 142 valence electrons. The van der Waals surface area contributed by atoms with Crippen LogP contribution in [-0.2, 0) is 16.6 Å². The average Bonchev–Trinajstić information content (AvgIpc) is 2.99. The molecule has 0 radical (unpaired) electrons. The van der Waals surface area contributed by atoms with Crippen molar-refractivity contribution in [1.82, 2.24) is 14.8 Å². The fraction of sp³-hybridized carbons (Fsp3) is 0.500. The van der Waals surface area contributed by atoms with E-state index >= 15 is 0 Å². The van der Waals surface area contributed by atoms with Gasteiger partial charge in [0.2, 0.25) is 10.0 Å². The highest BCUT2D eigenvalue weighted by molar-refractivity contribution is 7.88. The smallest absolute Gasteiger partial charge is 0.208 e. The van der Waals surface area contributed by atoms with Crippen molar-refractivity contribution in [1.29, 1.82) is 0 Å². The van der Waals surface area contributed by atoms with E-state index < -0.39 is 15.6 Å². The summed E-state index contributed by atoms with van der Waals surface area (Å²) in [5.41, 5.74) is 0.818. The second-order valence-corrected chi connectivity index (χ2v) is 8.82. The molecule has 1 fully saturated rings. The number of hydrogen-bond acceptors (Lipinski definition) is 6. The Balaban J connectivity index is 1.57. The molecule has 7 nitrogen and oxygen atoms in total. The molecule has 0 bridgehead atoms. The molecule has 1 aliphatic heterocycles. The van der Waals surface area contributed by atoms with Gasteiger partial charge in [0, 0.05) is 24.7 Å². The summed E-state index contributed by atoms with van der Waals surface area (Å²) in [6.07, 6.45) is 2.97.